The number of nitrogens with zero attached hydrogens (tertiary/aromatic N) is 5. The van der Waals surface area contributed by atoms with Gasteiger partial charge in [0.05, 0.1) is 6.04 Å². The van der Waals surface area contributed by atoms with E-state index in [0.717, 1.165) is 5.56 Å². The number of likely N-dealkylation sites (tertiary alicyclic amines) is 1. The van der Waals surface area contributed by atoms with E-state index in [1.807, 2.05) is 51.2 Å². The van der Waals surface area contributed by atoms with E-state index in [-0.39, 0.29) is 36.2 Å². The largest absolute Gasteiger partial charge is 0.354 e. The number of carbonyl (C=O) groups excluding carboxylic acids is 2. The Morgan fingerprint density at radius 3 is 2.73 bits per heavy atom. The van der Waals surface area contributed by atoms with Crippen LogP contribution in [-0.4, -0.2) is 50.5 Å². The molecule has 1 aliphatic heterocycles. The summed E-state index contributed by atoms with van der Waals surface area (Å²) in [5, 5.41) is 14.4. The van der Waals surface area contributed by atoms with Crippen LogP contribution in [0.1, 0.15) is 43.6 Å². The smallest absolute Gasteiger partial charge is 0.241 e. The normalized spacial score (nSPS) is 20.0. The van der Waals surface area contributed by atoms with Crippen molar-refractivity contribution in [3.63, 3.8) is 0 Å². The van der Waals surface area contributed by atoms with Crippen molar-refractivity contribution in [3.05, 3.63) is 41.7 Å². The molecule has 3 rings (SSSR count). The molecule has 1 aromatic heterocycles. The minimum absolute atomic E-state index is 0.0248. The van der Waals surface area contributed by atoms with Crippen LogP contribution in [0, 0.1) is 5.92 Å². The Balaban J connectivity index is 1.63. The number of rotatable bonds is 6. The standard InChI is InChI=1S/C18H24N6O2/c1-12(2)18-20-21-22-24(18)11-15(25)19-10-14-9-16(26)23(3)17(14)13-7-5-4-6-8-13/h4-8,12,14,17H,9-11H2,1-3H3,(H,19,25)/t14-,17-/m0/s1. The number of carbonyl (C=O) groups is 2. The monoisotopic (exact) mass is 356 g/mol. The van der Waals surface area contributed by atoms with E-state index in [2.05, 4.69) is 20.8 Å². The zero-order chi connectivity index (χ0) is 18.7. The van der Waals surface area contributed by atoms with E-state index in [1.54, 1.807) is 4.90 Å². The number of nitrogens with one attached hydrogen (secondary N) is 1. The number of tetrazole rings is 1. The second kappa shape index (κ2) is 7.63. The highest BCUT2D eigenvalue weighted by molar-refractivity contribution is 5.80. The molecule has 0 bridgehead atoms. The molecule has 2 amide bonds. The third-order valence-electron chi connectivity index (χ3n) is 4.77. The molecule has 8 nitrogen and oxygen atoms in total. The molecule has 0 saturated carbocycles. The van der Waals surface area contributed by atoms with Gasteiger partial charge in [-0.15, -0.1) is 5.10 Å². The van der Waals surface area contributed by atoms with Crippen LogP contribution >= 0.6 is 0 Å². The second-order valence-electron chi connectivity index (χ2n) is 6.98. The molecule has 0 aliphatic carbocycles. The van der Waals surface area contributed by atoms with Crippen molar-refractivity contribution in [1.29, 1.82) is 0 Å². The summed E-state index contributed by atoms with van der Waals surface area (Å²) >= 11 is 0. The fourth-order valence-electron chi connectivity index (χ4n) is 3.46. The van der Waals surface area contributed by atoms with Gasteiger partial charge in [-0.1, -0.05) is 44.2 Å². The van der Waals surface area contributed by atoms with E-state index < -0.39 is 0 Å². The van der Waals surface area contributed by atoms with Crippen molar-refractivity contribution in [3.8, 4) is 0 Å². The number of benzene rings is 1. The Hall–Kier alpha value is -2.77. The van der Waals surface area contributed by atoms with Crippen LogP contribution in [-0.2, 0) is 16.1 Å². The summed E-state index contributed by atoms with van der Waals surface area (Å²) in [7, 11) is 1.82. The van der Waals surface area contributed by atoms with Crippen LogP contribution < -0.4 is 5.32 Å². The summed E-state index contributed by atoms with van der Waals surface area (Å²) in [6, 6.07) is 9.90. The van der Waals surface area contributed by atoms with Gasteiger partial charge in [0.1, 0.15) is 6.54 Å². The minimum Gasteiger partial charge on any atom is -0.354 e. The summed E-state index contributed by atoms with van der Waals surface area (Å²) in [6.45, 7) is 4.47. The highest BCUT2D eigenvalue weighted by atomic mass is 16.2. The second-order valence-corrected chi connectivity index (χ2v) is 6.98. The first-order valence-electron chi connectivity index (χ1n) is 8.80. The Labute approximate surface area is 152 Å². The van der Waals surface area contributed by atoms with Gasteiger partial charge in [-0.2, -0.15) is 0 Å². The van der Waals surface area contributed by atoms with Gasteiger partial charge < -0.3 is 10.2 Å². The zero-order valence-corrected chi connectivity index (χ0v) is 15.3. The topological polar surface area (TPSA) is 93.0 Å². The molecule has 0 spiro atoms. The van der Waals surface area contributed by atoms with Gasteiger partial charge in [0.15, 0.2) is 5.82 Å². The fraction of sp³-hybridized carbons (Fsp3) is 0.500. The molecule has 2 aromatic rings. The molecule has 1 fully saturated rings. The molecule has 26 heavy (non-hydrogen) atoms. The first-order valence-corrected chi connectivity index (χ1v) is 8.80. The lowest BCUT2D eigenvalue weighted by molar-refractivity contribution is -0.127. The van der Waals surface area contributed by atoms with Crippen LogP contribution in [0.25, 0.3) is 0 Å². The molecule has 1 saturated heterocycles. The molecule has 8 heteroatoms. The molecule has 0 radical (unpaired) electrons. The Morgan fingerprint density at radius 2 is 2.04 bits per heavy atom. The zero-order valence-electron chi connectivity index (χ0n) is 15.3. The maximum absolute atomic E-state index is 12.3. The van der Waals surface area contributed by atoms with Crippen molar-refractivity contribution in [2.45, 2.75) is 38.8 Å². The summed E-state index contributed by atoms with van der Waals surface area (Å²) in [6.07, 6.45) is 0.429. The average molecular weight is 356 g/mol. The summed E-state index contributed by atoms with van der Waals surface area (Å²) in [5.41, 5.74) is 1.09. The molecule has 1 N–H and O–H groups in total. The summed E-state index contributed by atoms with van der Waals surface area (Å²) in [4.78, 5) is 26.3. The van der Waals surface area contributed by atoms with Gasteiger partial charge in [0.2, 0.25) is 11.8 Å². The van der Waals surface area contributed by atoms with Gasteiger partial charge in [0.25, 0.3) is 0 Å². The third kappa shape index (κ3) is 3.74. The molecular formula is C18H24N6O2. The highest BCUT2D eigenvalue weighted by Gasteiger charge is 2.38. The molecule has 2 atom stereocenters. The predicted octanol–water partition coefficient (Wildman–Crippen LogP) is 1.13. The lowest BCUT2D eigenvalue weighted by atomic mass is 9.93. The van der Waals surface area contributed by atoms with Gasteiger partial charge in [0, 0.05) is 31.8 Å². The van der Waals surface area contributed by atoms with E-state index in [0.29, 0.717) is 18.8 Å². The lowest BCUT2D eigenvalue weighted by Crippen LogP contribution is -2.35. The van der Waals surface area contributed by atoms with E-state index in [1.165, 1.54) is 4.68 Å². The number of hydrogen-bond donors (Lipinski definition) is 1. The Bertz CT molecular complexity index is 773. The number of aromatic nitrogens is 4. The van der Waals surface area contributed by atoms with Crippen molar-refractivity contribution < 1.29 is 9.59 Å². The number of amides is 2. The molecule has 1 aromatic carbocycles. The summed E-state index contributed by atoms with van der Waals surface area (Å²) in [5.74, 6) is 0.797. The third-order valence-corrected chi connectivity index (χ3v) is 4.77. The first-order chi connectivity index (χ1) is 12.5. The lowest BCUT2D eigenvalue weighted by Gasteiger charge is -2.25. The van der Waals surface area contributed by atoms with E-state index in [4.69, 9.17) is 0 Å². The van der Waals surface area contributed by atoms with Crippen molar-refractivity contribution >= 4 is 11.8 Å². The van der Waals surface area contributed by atoms with E-state index >= 15 is 0 Å². The predicted molar refractivity (Wildman–Crippen MR) is 95.0 cm³/mol. The molecular weight excluding hydrogens is 332 g/mol. The van der Waals surface area contributed by atoms with Gasteiger partial charge in [-0.05, 0) is 16.0 Å². The quantitative estimate of drug-likeness (QED) is 0.838. The van der Waals surface area contributed by atoms with Crippen molar-refractivity contribution in [1.82, 2.24) is 30.4 Å². The summed E-state index contributed by atoms with van der Waals surface area (Å²) < 4.78 is 1.51. The van der Waals surface area contributed by atoms with Crippen molar-refractivity contribution in [2.24, 2.45) is 5.92 Å². The SMILES string of the molecule is CC(C)c1nnnn1CC(=O)NC[C@@H]1CC(=O)N(C)[C@H]1c1ccccc1. The number of hydrogen-bond acceptors (Lipinski definition) is 5. The fourth-order valence-corrected chi connectivity index (χ4v) is 3.46. The van der Waals surface area contributed by atoms with E-state index in [9.17, 15) is 9.59 Å². The first kappa shape index (κ1) is 18.0. The van der Waals surface area contributed by atoms with Crippen LogP contribution in [0.3, 0.4) is 0 Å². The van der Waals surface area contributed by atoms with Crippen LogP contribution in [0.2, 0.25) is 0 Å². The van der Waals surface area contributed by atoms with Crippen LogP contribution in [0.5, 0.6) is 0 Å². The van der Waals surface area contributed by atoms with Crippen molar-refractivity contribution in [2.75, 3.05) is 13.6 Å². The maximum atomic E-state index is 12.3. The molecule has 1 aliphatic rings. The minimum atomic E-state index is -0.159. The van der Waals surface area contributed by atoms with Crippen LogP contribution in [0.4, 0.5) is 0 Å². The average Bonchev–Trinajstić information content (AvgIpc) is 3.19. The molecule has 0 unspecified atom stereocenters. The Kier molecular flexibility index (Phi) is 5.29. The van der Waals surface area contributed by atoms with Gasteiger partial charge in [-0.3, -0.25) is 9.59 Å². The highest BCUT2D eigenvalue weighted by Crippen LogP contribution is 2.36. The van der Waals surface area contributed by atoms with Gasteiger partial charge >= 0.3 is 0 Å². The van der Waals surface area contributed by atoms with Gasteiger partial charge in [-0.25, -0.2) is 4.68 Å². The van der Waals surface area contributed by atoms with Crippen LogP contribution in [0.15, 0.2) is 30.3 Å². The maximum Gasteiger partial charge on any atom is 0.241 e. The molecule has 2 heterocycles. The Morgan fingerprint density at radius 1 is 1.31 bits per heavy atom. The molecule has 138 valence electrons.